The van der Waals surface area contributed by atoms with Gasteiger partial charge in [0, 0.05) is 31.6 Å². The number of aryl methyl sites for hydroxylation is 1. The Bertz CT molecular complexity index is 753. The number of hydrogen-bond acceptors (Lipinski definition) is 7. The van der Waals surface area contributed by atoms with E-state index in [1.807, 2.05) is 26.0 Å². The van der Waals surface area contributed by atoms with Gasteiger partial charge in [-0.1, -0.05) is 0 Å². The van der Waals surface area contributed by atoms with Crippen molar-refractivity contribution in [2.24, 2.45) is 0 Å². The van der Waals surface area contributed by atoms with Crippen molar-refractivity contribution >= 4 is 38.4 Å². The number of rotatable bonds is 11. The molecule has 1 atom stereocenters. The normalized spacial score (nSPS) is 12.4. The van der Waals surface area contributed by atoms with E-state index in [0.717, 1.165) is 24.3 Å². The van der Waals surface area contributed by atoms with E-state index in [9.17, 15) is 17.4 Å². The average Bonchev–Trinajstić information content (AvgIpc) is 2.56. The van der Waals surface area contributed by atoms with E-state index in [1.165, 1.54) is 0 Å². The highest BCUT2D eigenvalue weighted by Gasteiger charge is 2.16. The highest BCUT2D eigenvalue weighted by atomic mass is 32.3. The third-order valence-corrected chi connectivity index (χ3v) is 6.70. The van der Waals surface area contributed by atoms with Crippen LogP contribution in [0.1, 0.15) is 12.5 Å². The molecule has 0 spiro atoms. The molecule has 9 nitrogen and oxygen atoms in total. The van der Waals surface area contributed by atoms with Gasteiger partial charge in [-0.15, -0.1) is 0 Å². The van der Waals surface area contributed by atoms with Crippen molar-refractivity contribution in [2.45, 2.75) is 13.8 Å². The number of ether oxygens (including phenoxy) is 2. The van der Waals surface area contributed by atoms with Crippen LogP contribution in [0.15, 0.2) is 18.2 Å². The van der Waals surface area contributed by atoms with Crippen LogP contribution >= 0.6 is 0 Å². The first-order chi connectivity index (χ1) is 12.7. The Balaban J connectivity index is 2.61. The quantitative estimate of drug-likeness (QED) is 0.516. The molecular weight excluding hydrogens is 396 g/mol. The molecule has 0 aliphatic carbocycles. The van der Waals surface area contributed by atoms with Crippen LogP contribution in [0.3, 0.4) is 0 Å². The summed E-state index contributed by atoms with van der Waals surface area (Å²) in [6, 6.07) is 5.53. The standard InChI is InChI=1S/C16H26N2O7S2/c1-4-18(7-8-24-3)14-5-6-15(13(2)11-14)17-16(19)25-9-10-27(22,23)12-26(20)21/h5-6,11H,4,7-10,12H2,1-3H3,(H,17,19)(H,20,21). The van der Waals surface area contributed by atoms with Crippen molar-refractivity contribution in [1.29, 1.82) is 0 Å². The van der Waals surface area contributed by atoms with E-state index in [1.54, 1.807) is 13.2 Å². The van der Waals surface area contributed by atoms with Gasteiger partial charge in [-0.3, -0.25) is 5.32 Å². The van der Waals surface area contributed by atoms with Gasteiger partial charge < -0.3 is 18.9 Å². The van der Waals surface area contributed by atoms with Crippen LogP contribution in [0.5, 0.6) is 0 Å². The fraction of sp³-hybridized carbons (Fsp3) is 0.562. The number of carbonyl (C=O) groups excluding carboxylic acids is 1. The molecule has 0 heterocycles. The Morgan fingerprint density at radius 2 is 2.04 bits per heavy atom. The van der Waals surface area contributed by atoms with Gasteiger partial charge in [0.2, 0.25) is 0 Å². The molecule has 1 aromatic rings. The molecule has 27 heavy (non-hydrogen) atoms. The zero-order valence-corrected chi connectivity index (χ0v) is 17.3. The molecule has 0 aromatic heterocycles. The zero-order chi connectivity index (χ0) is 20.4. The summed E-state index contributed by atoms with van der Waals surface area (Å²) in [5, 5.41) is 1.68. The lowest BCUT2D eigenvalue weighted by Crippen LogP contribution is -2.27. The number of anilines is 2. The molecule has 1 aromatic carbocycles. The Hall–Kier alpha value is -1.69. The largest absolute Gasteiger partial charge is 0.448 e. The van der Waals surface area contributed by atoms with Crippen LogP contribution in [0.25, 0.3) is 0 Å². The second-order valence-electron chi connectivity index (χ2n) is 5.72. The Morgan fingerprint density at radius 3 is 2.59 bits per heavy atom. The monoisotopic (exact) mass is 422 g/mol. The maximum atomic E-state index is 11.8. The number of methoxy groups -OCH3 is 1. The highest BCUT2D eigenvalue weighted by molar-refractivity contribution is 8.03. The first-order valence-electron chi connectivity index (χ1n) is 8.24. The van der Waals surface area contributed by atoms with Crippen molar-refractivity contribution in [3.05, 3.63) is 23.8 Å². The van der Waals surface area contributed by atoms with Crippen LogP contribution in [0.4, 0.5) is 16.2 Å². The number of nitrogens with zero attached hydrogens (tertiary/aromatic N) is 1. The molecule has 0 aliphatic rings. The minimum atomic E-state index is -3.75. The van der Waals surface area contributed by atoms with E-state index < -0.39 is 44.5 Å². The van der Waals surface area contributed by atoms with Gasteiger partial charge in [0.15, 0.2) is 26.0 Å². The van der Waals surface area contributed by atoms with Crippen LogP contribution < -0.4 is 10.2 Å². The van der Waals surface area contributed by atoms with E-state index in [2.05, 4.69) is 10.2 Å². The minimum Gasteiger partial charge on any atom is -0.448 e. The van der Waals surface area contributed by atoms with E-state index >= 15 is 0 Å². The summed E-state index contributed by atoms with van der Waals surface area (Å²) in [5.74, 6) is -0.518. The molecule has 154 valence electrons. The number of sulfone groups is 1. The van der Waals surface area contributed by atoms with Crippen LogP contribution in [-0.2, 0) is 30.4 Å². The molecule has 0 aliphatic heterocycles. The Labute approximate surface area is 162 Å². The van der Waals surface area contributed by atoms with Crippen LogP contribution in [-0.4, -0.2) is 67.5 Å². The smallest absolute Gasteiger partial charge is 0.411 e. The van der Waals surface area contributed by atoms with Gasteiger partial charge in [0.05, 0.1) is 12.4 Å². The molecule has 0 saturated heterocycles. The number of benzene rings is 1. The van der Waals surface area contributed by atoms with Gasteiger partial charge in [-0.25, -0.2) is 17.4 Å². The molecule has 1 unspecified atom stereocenters. The van der Waals surface area contributed by atoms with Crippen LogP contribution in [0, 0.1) is 6.92 Å². The number of hydrogen-bond donors (Lipinski definition) is 2. The third kappa shape index (κ3) is 8.69. The summed E-state index contributed by atoms with van der Waals surface area (Å²) in [7, 11) is -2.11. The summed E-state index contributed by atoms with van der Waals surface area (Å²) in [6.07, 6.45) is -0.794. The van der Waals surface area contributed by atoms with E-state index in [4.69, 9.17) is 14.0 Å². The second-order valence-corrected chi connectivity index (χ2v) is 9.20. The van der Waals surface area contributed by atoms with Gasteiger partial charge in [0.25, 0.3) is 0 Å². The Kier molecular flexibility index (Phi) is 9.70. The van der Waals surface area contributed by atoms with Gasteiger partial charge in [-0.2, -0.15) is 0 Å². The molecule has 1 rings (SSSR count). The van der Waals surface area contributed by atoms with Crippen molar-refractivity contribution in [3.63, 3.8) is 0 Å². The number of likely N-dealkylation sites (N-methyl/N-ethyl adjacent to an activating group) is 1. The first kappa shape index (κ1) is 23.3. The molecule has 0 fully saturated rings. The summed E-state index contributed by atoms with van der Waals surface area (Å²) < 4.78 is 52.0. The topological polar surface area (TPSA) is 122 Å². The molecule has 0 radical (unpaired) electrons. The SMILES string of the molecule is CCN(CCOC)c1ccc(NC(=O)OCCS(=O)(=O)CS(=O)O)c(C)c1. The lowest BCUT2D eigenvalue weighted by molar-refractivity contribution is 0.168. The fourth-order valence-electron chi connectivity index (χ4n) is 2.28. The summed E-state index contributed by atoms with van der Waals surface area (Å²) in [6.45, 7) is 5.63. The minimum absolute atomic E-state index is 0.400. The van der Waals surface area contributed by atoms with Crippen molar-refractivity contribution in [3.8, 4) is 0 Å². The maximum Gasteiger partial charge on any atom is 0.411 e. The molecule has 2 N–H and O–H groups in total. The predicted molar refractivity (Wildman–Crippen MR) is 105 cm³/mol. The van der Waals surface area contributed by atoms with Gasteiger partial charge in [-0.05, 0) is 37.6 Å². The van der Waals surface area contributed by atoms with Gasteiger partial charge in [0.1, 0.15) is 6.61 Å². The second kappa shape index (κ2) is 11.2. The molecular formula is C16H26N2O7S2. The summed E-state index contributed by atoms with van der Waals surface area (Å²) in [4.78, 5) is 14.0. The fourth-order valence-corrected chi connectivity index (χ4v) is 4.31. The lowest BCUT2D eigenvalue weighted by atomic mass is 10.1. The molecule has 0 bridgehead atoms. The zero-order valence-electron chi connectivity index (χ0n) is 15.6. The number of carbonyl (C=O) groups is 1. The first-order valence-corrected chi connectivity index (χ1v) is 11.3. The van der Waals surface area contributed by atoms with E-state index in [0.29, 0.717) is 12.3 Å². The summed E-state index contributed by atoms with van der Waals surface area (Å²) in [5.41, 5.74) is 2.36. The highest BCUT2D eigenvalue weighted by Crippen LogP contribution is 2.22. The molecule has 1 amide bonds. The average molecular weight is 423 g/mol. The van der Waals surface area contributed by atoms with E-state index in [-0.39, 0.29) is 0 Å². The maximum absolute atomic E-state index is 11.8. The van der Waals surface area contributed by atoms with Crippen LogP contribution in [0.2, 0.25) is 0 Å². The van der Waals surface area contributed by atoms with Crippen molar-refractivity contribution < 1.29 is 31.4 Å². The molecule has 11 heteroatoms. The number of nitrogens with one attached hydrogen (secondary N) is 1. The summed E-state index contributed by atoms with van der Waals surface area (Å²) >= 11 is -2.45. The lowest BCUT2D eigenvalue weighted by Gasteiger charge is -2.23. The van der Waals surface area contributed by atoms with Crippen molar-refractivity contribution in [2.75, 3.05) is 54.5 Å². The Morgan fingerprint density at radius 1 is 1.33 bits per heavy atom. The van der Waals surface area contributed by atoms with Gasteiger partial charge >= 0.3 is 6.09 Å². The third-order valence-electron chi connectivity index (χ3n) is 3.67. The van der Waals surface area contributed by atoms with Crippen molar-refractivity contribution in [1.82, 2.24) is 0 Å². The molecule has 0 saturated carbocycles. The predicted octanol–water partition coefficient (Wildman–Crippen LogP) is 1.61. The number of amides is 1.